The molecule has 7 nitrogen and oxygen atoms in total. The van der Waals surface area contributed by atoms with Crippen LogP contribution in [-0.4, -0.2) is 19.8 Å². The van der Waals surface area contributed by atoms with Crippen molar-refractivity contribution in [1.29, 1.82) is 0 Å². The Balaban J connectivity index is 2.48. The van der Waals surface area contributed by atoms with E-state index in [-0.39, 0.29) is 22.9 Å². The highest BCUT2D eigenvalue weighted by Gasteiger charge is 2.18. The third-order valence-corrected chi connectivity index (χ3v) is 3.24. The van der Waals surface area contributed by atoms with Crippen molar-refractivity contribution in [2.24, 2.45) is 0 Å². The van der Waals surface area contributed by atoms with Crippen LogP contribution >= 0.6 is 0 Å². The lowest BCUT2D eigenvalue weighted by molar-refractivity contribution is 0.468. The number of phenols is 2. The van der Waals surface area contributed by atoms with Crippen molar-refractivity contribution in [3.8, 4) is 17.2 Å². The van der Waals surface area contributed by atoms with E-state index in [1.807, 2.05) is 0 Å². The van der Waals surface area contributed by atoms with E-state index in [9.17, 15) is 19.8 Å². The predicted molar refractivity (Wildman–Crippen MR) is 77.9 cm³/mol. The predicted octanol–water partition coefficient (Wildman–Crippen LogP) is 0.672. The number of nitrogens with one attached hydrogen (secondary N) is 1. The molecule has 7 heteroatoms. The molecule has 21 heavy (non-hydrogen) atoms. The van der Waals surface area contributed by atoms with Gasteiger partial charge in [0.2, 0.25) is 0 Å². The van der Waals surface area contributed by atoms with Crippen LogP contribution in [-0.2, 0) is 0 Å². The Hall–Kier alpha value is -3.22. The van der Waals surface area contributed by atoms with Gasteiger partial charge in [-0.1, -0.05) is 24.3 Å². The Morgan fingerprint density at radius 3 is 2.24 bits per heavy atom. The van der Waals surface area contributed by atoms with Gasteiger partial charge in [-0.15, -0.1) is 0 Å². The molecule has 3 aromatic rings. The van der Waals surface area contributed by atoms with Crippen molar-refractivity contribution in [3.63, 3.8) is 0 Å². The third-order valence-electron chi connectivity index (χ3n) is 3.24. The number of nitrogen functional groups attached to an aromatic ring is 1. The van der Waals surface area contributed by atoms with Crippen LogP contribution in [0.2, 0.25) is 0 Å². The Morgan fingerprint density at radius 1 is 1.00 bits per heavy atom. The van der Waals surface area contributed by atoms with E-state index >= 15 is 0 Å². The topological polar surface area (TPSA) is 121 Å². The molecule has 0 aliphatic rings. The second-order valence-corrected chi connectivity index (χ2v) is 4.49. The smallest absolute Gasteiger partial charge is 0.333 e. The van der Waals surface area contributed by atoms with Gasteiger partial charge in [0.05, 0.1) is 0 Å². The van der Waals surface area contributed by atoms with E-state index in [0.29, 0.717) is 10.8 Å². The number of aromatic amines is 1. The number of anilines is 1. The number of phenolic OH excluding ortho intramolecular Hbond substituents is 2. The Kier molecular flexibility index (Phi) is 2.69. The van der Waals surface area contributed by atoms with Gasteiger partial charge in [0.15, 0.2) is 0 Å². The van der Waals surface area contributed by atoms with Crippen molar-refractivity contribution in [3.05, 3.63) is 57.4 Å². The summed E-state index contributed by atoms with van der Waals surface area (Å²) in [6.45, 7) is 0. The first-order valence-electron chi connectivity index (χ1n) is 6.05. The Bertz CT molecular complexity index is 972. The molecule has 3 rings (SSSR count). The average Bonchev–Trinajstić information content (AvgIpc) is 2.47. The van der Waals surface area contributed by atoms with Gasteiger partial charge in [-0.05, 0) is 0 Å². The number of hydrogen-bond acceptors (Lipinski definition) is 5. The molecule has 0 spiro atoms. The molecule has 0 amide bonds. The molecule has 0 radical (unpaired) electrons. The van der Waals surface area contributed by atoms with Gasteiger partial charge < -0.3 is 15.9 Å². The van der Waals surface area contributed by atoms with E-state index in [1.165, 1.54) is 6.20 Å². The summed E-state index contributed by atoms with van der Waals surface area (Å²) in [5.41, 5.74) is 4.26. The summed E-state index contributed by atoms with van der Waals surface area (Å²) in [4.78, 5) is 25.0. The number of nitrogens with two attached hydrogens (primary N) is 1. The van der Waals surface area contributed by atoms with E-state index in [2.05, 4.69) is 4.98 Å². The van der Waals surface area contributed by atoms with Gasteiger partial charge in [-0.2, -0.15) is 0 Å². The minimum Gasteiger partial charge on any atom is -0.505 e. The molecular formula is C14H11N3O4. The molecule has 0 fully saturated rings. The molecule has 0 aliphatic heterocycles. The summed E-state index contributed by atoms with van der Waals surface area (Å²) in [7, 11) is 0. The lowest BCUT2D eigenvalue weighted by Gasteiger charge is -2.14. The fourth-order valence-electron chi connectivity index (χ4n) is 2.25. The summed E-state index contributed by atoms with van der Waals surface area (Å²) >= 11 is 0. The standard InChI is InChI=1S/C14H11N3O4/c15-10-11(17-6-5-9(18)16-14(17)21)13(20)8-4-2-1-3-7(8)12(10)19/h1-6,19-20H,15H2,(H,16,18,21). The van der Waals surface area contributed by atoms with Gasteiger partial charge in [0.1, 0.15) is 22.9 Å². The summed E-state index contributed by atoms with van der Waals surface area (Å²) < 4.78 is 0.970. The second kappa shape index (κ2) is 4.41. The van der Waals surface area contributed by atoms with E-state index < -0.39 is 11.2 Å². The maximum atomic E-state index is 11.9. The molecule has 106 valence electrons. The summed E-state index contributed by atoms with van der Waals surface area (Å²) in [6.07, 6.45) is 1.18. The van der Waals surface area contributed by atoms with Crippen LogP contribution in [0.4, 0.5) is 5.69 Å². The quantitative estimate of drug-likeness (QED) is 0.297. The number of hydrogen-bond donors (Lipinski definition) is 4. The van der Waals surface area contributed by atoms with Gasteiger partial charge in [0.25, 0.3) is 5.56 Å². The normalized spacial score (nSPS) is 10.9. The van der Waals surface area contributed by atoms with Crippen LogP contribution in [0, 0.1) is 0 Å². The minimum atomic E-state index is -0.765. The van der Waals surface area contributed by atoms with E-state index in [1.54, 1.807) is 24.3 Å². The van der Waals surface area contributed by atoms with E-state index in [4.69, 9.17) is 5.73 Å². The molecular weight excluding hydrogens is 274 g/mol. The maximum Gasteiger partial charge on any atom is 0.333 e. The molecule has 0 bridgehead atoms. The highest BCUT2D eigenvalue weighted by Crippen LogP contribution is 2.42. The maximum absolute atomic E-state index is 11.9. The lowest BCUT2D eigenvalue weighted by Crippen LogP contribution is -2.28. The van der Waals surface area contributed by atoms with Crippen LogP contribution in [0.15, 0.2) is 46.1 Å². The number of fused-ring (bicyclic) bond motifs is 1. The Labute approximate surface area is 117 Å². The monoisotopic (exact) mass is 285 g/mol. The number of benzene rings is 2. The molecule has 0 saturated heterocycles. The zero-order valence-corrected chi connectivity index (χ0v) is 10.7. The SMILES string of the molecule is Nc1c(-n2ccc(=O)[nH]c2=O)c(O)c2ccccc2c1O. The molecule has 2 aromatic carbocycles. The third kappa shape index (κ3) is 1.83. The fraction of sp³-hybridized carbons (Fsp3) is 0. The first-order valence-corrected chi connectivity index (χ1v) is 6.05. The first-order chi connectivity index (χ1) is 10.0. The zero-order chi connectivity index (χ0) is 15.1. The van der Waals surface area contributed by atoms with Crippen LogP contribution in [0.1, 0.15) is 0 Å². The minimum absolute atomic E-state index is 0.0764. The number of aromatic nitrogens is 2. The highest BCUT2D eigenvalue weighted by molar-refractivity contribution is 6.01. The number of aromatic hydroxyl groups is 2. The van der Waals surface area contributed by atoms with Crippen LogP contribution in [0.5, 0.6) is 11.5 Å². The average molecular weight is 285 g/mol. The summed E-state index contributed by atoms with van der Waals surface area (Å²) in [6, 6.07) is 7.67. The van der Waals surface area contributed by atoms with Crippen molar-refractivity contribution in [2.75, 3.05) is 5.73 Å². The largest absolute Gasteiger partial charge is 0.505 e. The van der Waals surface area contributed by atoms with Gasteiger partial charge >= 0.3 is 5.69 Å². The molecule has 1 heterocycles. The van der Waals surface area contributed by atoms with Gasteiger partial charge in [-0.25, -0.2) is 4.79 Å². The first kappa shape index (κ1) is 12.8. The number of nitrogens with zero attached hydrogens (tertiary/aromatic N) is 1. The number of H-pyrrole nitrogens is 1. The molecule has 0 saturated carbocycles. The van der Waals surface area contributed by atoms with Gasteiger partial charge in [0, 0.05) is 23.0 Å². The molecule has 0 atom stereocenters. The molecule has 0 unspecified atom stereocenters. The second-order valence-electron chi connectivity index (χ2n) is 4.49. The molecule has 5 N–H and O–H groups in total. The summed E-state index contributed by atoms with van der Waals surface area (Å²) in [5.74, 6) is -0.494. The fourth-order valence-corrected chi connectivity index (χ4v) is 2.25. The van der Waals surface area contributed by atoms with E-state index in [0.717, 1.165) is 10.6 Å². The van der Waals surface area contributed by atoms with Crippen LogP contribution in [0.3, 0.4) is 0 Å². The summed E-state index contributed by atoms with van der Waals surface area (Å²) in [5, 5.41) is 21.2. The lowest BCUT2D eigenvalue weighted by atomic mass is 10.1. The van der Waals surface area contributed by atoms with Gasteiger partial charge in [-0.3, -0.25) is 14.3 Å². The zero-order valence-electron chi connectivity index (χ0n) is 10.7. The van der Waals surface area contributed by atoms with Crippen molar-refractivity contribution >= 4 is 16.5 Å². The van der Waals surface area contributed by atoms with Crippen LogP contribution < -0.4 is 17.0 Å². The van der Waals surface area contributed by atoms with Crippen molar-refractivity contribution in [1.82, 2.24) is 9.55 Å². The number of rotatable bonds is 1. The highest BCUT2D eigenvalue weighted by atomic mass is 16.3. The molecule has 0 aliphatic carbocycles. The van der Waals surface area contributed by atoms with Crippen LogP contribution in [0.25, 0.3) is 16.5 Å². The van der Waals surface area contributed by atoms with Crippen molar-refractivity contribution in [2.45, 2.75) is 0 Å². The Morgan fingerprint density at radius 2 is 1.62 bits per heavy atom. The molecule has 1 aromatic heterocycles. The van der Waals surface area contributed by atoms with Crippen molar-refractivity contribution < 1.29 is 10.2 Å².